The number of rotatable bonds is 3. The fraction of sp³-hybridized carbons (Fsp3) is 0.385. The molecule has 0 bridgehead atoms. The lowest BCUT2D eigenvalue weighted by Gasteiger charge is -2.19. The number of carbonyl (C=O) groups excluding carboxylic acids is 2. The highest BCUT2D eigenvalue weighted by Crippen LogP contribution is 2.33. The maximum absolute atomic E-state index is 11.9. The van der Waals surface area contributed by atoms with Crippen molar-refractivity contribution < 1.29 is 22.7 Å². The topological polar surface area (TPSA) is 92.8 Å². The Morgan fingerprint density at radius 3 is 2.73 bits per heavy atom. The molecule has 1 aliphatic heterocycles. The number of halogens is 1. The van der Waals surface area contributed by atoms with Crippen molar-refractivity contribution in [1.29, 1.82) is 0 Å². The first-order chi connectivity index (χ1) is 10.3. The molecule has 1 saturated heterocycles. The van der Waals surface area contributed by atoms with E-state index in [4.69, 9.17) is 11.6 Å². The zero-order chi connectivity index (χ0) is 16.3. The van der Waals surface area contributed by atoms with Crippen molar-refractivity contribution in [3.63, 3.8) is 0 Å². The summed E-state index contributed by atoms with van der Waals surface area (Å²) in [4.78, 5) is 22.9. The standard InChI is InChI=1S/C13H15ClN2O5S/c1-2-21-13(18)12(17)15-9-4-5-10(14)11(8-9)16-6-3-7-22(16,19)20/h4-5,8H,2-3,6-7H2,1H3,(H,15,17). The Morgan fingerprint density at radius 1 is 1.41 bits per heavy atom. The summed E-state index contributed by atoms with van der Waals surface area (Å²) < 4.78 is 29.7. The van der Waals surface area contributed by atoms with Gasteiger partial charge >= 0.3 is 11.9 Å². The summed E-state index contributed by atoms with van der Waals surface area (Å²) in [7, 11) is -3.39. The van der Waals surface area contributed by atoms with Gasteiger partial charge in [-0.2, -0.15) is 0 Å². The average molecular weight is 347 g/mol. The zero-order valence-corrected chi connectivity index (χ0v) is 13.4. The van der Waals surface area contributed by atoms with E-state index in [0.29, 0.717) is 13.0 Å². The summed E-state index contributed by atoms with van der Waals surface area (Å²) in [5.74, 6) is -1.88. The van der Waals surface area contributed by atoms with Gasteiger partial charge in [-0.3, -0.25) is 9.10 Å². The van der Waals surface area contributed by atoms with Crippen LogP contribution in [0.5, 0.6) is 0 Å². The van der Waals surface area contributed by atoms with Gasteiger partial charge in [0.1, 0.15) is 0 Å². The van der Waals surface area contributed by atoms with Crippen LogP contribution in [0.15, 0.2) is 18.2 Å². The predicted molar refractivity (Wildman–Crippen MR) is 82.5 cm³/mol. The van der Waals surface area contributed by atoms with Crippen LogP contribution >= 0.6 is 11.6 Å². The van der Waals surface area contributed by atoms with Crippen molar-refractivity contribution >= 4 is 44.9 Å². The molecular weight excluding hydrogens is 332 g/mol. The van der Waals surface area contributed by atoms with Gasteiger partial charge in [0.05, 0.1) is 23.1 Å². The van der Waals surface area contributed by atoms with Crippen molar-refractivity contribution in [3.05, 3.63) is 23.2 Å². The number of nitrogens with one attached hydrogen (secondary N) is 1. The molecule has 1 fully saturated rings. The van der Waals surface area contributed by atoms with Gasteiger partial charge in [0.2, 0.25) is 10.0 Å². The molecule has 1 aromatic rings. The molecule has 1 amide bonds. The van der Waals surface area contributed by atoms with Crippen LogP contribution < -0.4 is 9.62 Å². The quantitative estimate of drug-likeness (QED) is 0.659. The van der Waals surface area contributed by atoms with Crippen LogP contribution in [0.25, 0.3) is 0 Å². The minimum atomic E-state index is -3.39. The predicted octanol–water partition coefficient (Wildman–Crippen LogP) is 1.38. The second kappa shape index (κ2) is 6.53. The normalized spacial score (nSPS) is 16.4. The molecule has 0 saturated carbocycles. The fourth-order valence-corrected chi connectivity index (χ4v) is 3.91. The van der Waals surface area contributed by atoms with Gasteiger partial charge in [-0.1, -0.05) is 11.6 Å². The molecule has 7 nitrogen and oxygen atoms in total. The van der Waals surface area contributed by atoms with Crippen LogP contribution in [-0.2, 0) is 24.3 Å². The summed E-state index contributed by atoms with van der Waals surface area (Å²) in [5, 5.41) is 2.60. The van der Waals surface area contributed by atoms with E-state index < -0.39 is 21.9 Å². The average Bonchev–Trinajstić information content (AvgIpc) is 2.80. The second-order valence-corrected chi connectivity index (χ2v) is 7.00. The van der Waals surface area contributed by atoms with Gasteiger partial charge < -0.3 is 10.1 Å². The van der Waals surface area contributed by atoms with Crippen molar-refractivity contribution in [1.82, 2.24) is 0 Å². The number of benzene rings is 1. The van der Waals surface area contributed by atoms with Gasteiger partial charge in [0, 0.05) is 12.2 Å². The molecule has 0 spiro atoms. The molecule has 1 heterocycles. The molecule has 0 aromatic heterocycles. The van der Waals surface area contributed by atoms with E-state index in [1.807, 2.05) is 0 Å². The molecule has 22 heavy (non-hydrogen) atoms. The van der Waals surface area contributed by atoms with Crippen LogP contribution in [0, 0.1) is 0 Å². The highest BCUT2D eigenvalue weighted by molar-refractivity contribution is 7.93. The Labute approximate surface area is 133 Å². The van der Waals surface area contributed by atoms with E-state index in [0.717, 1.165) is 0 Å². The van der Waals surface area contributed by atoms with E-state index in [9.17, 15) is 18.0 Å². The first-order valence-corrected chi connectivity index (χ1v) is 8.62. The van der Waals surface area contributed by atoms with Gasteiger partial charge in [-0.25, -0.2) is 13.2 Å². The van der Waals surface area contributed by atoms with Gasteiger partial charge in [-0.05, 0) is 31.5 Å². The largest absolute Gasteiger partial charge is 0.459 e. The van der Waals surface area contributed by atoms with Gasteiger partial charge in [0.15, 0.2) is 0 Å². The molecule has 1 aliphatic rings. The monoisotopic (exact) mass is 346 g/mol. The lowest BCUT2D eigenvalue weighted by molar-refractivity contribution is -0.152. The fourth-order valence-electron chi connectivity index (χ4n) is 2.07. The van der Waals surface area contributed by atoms with Crippen LogP contribution in [-0.4, -0.2) is 39.2 Å². The highest BCUT2D eigenvalue weighted by atomic mass is 35.5. The van der Waals surface area contributed by atoms with Crippen molar-refractivity contribution in [3.8, 4) is 0 Å². The van der Waals surface area contributed by atoms with E-state index in [1.165, 1.54) is 22.5 Å². The maximum atomic E-state index is 11.9. The van der Waals surface area contributed by atoms with Crippen LogP contribution in [0.3, 0.4) is 0 Å². The highest BCUT2D eigenvalue weighted by Gasteiger charge is 2.30. The zero-order valence-electron chi connectivity index (χ0n) is 11.8. The van der Waals surface area contributed by atoms with Crippen molar-refractivity contribution in [2.24, 2.45) is 0 Å². The molecular formula is C13H15ClN2O5S. The lowest BCUT2D eigenvalue weighted by atomic mass is 10.2. The number of amides is 1. The van der Waals surface area contributed by atoms with E-state index in [-0.39, 0.29) is 28.8 Å². The summed E-state index contributed by atoms with van der Waals surface area (Å²) in [6.07, 6.45) is 0.512. The number of anilines is 2. The Kier molecular flexibility index (Phi) is 4.92. The maximum Gasteiger partial charge on any atom is 0.397 e. The van der Waals surface area contributed by atoms with E-state index in [1.54, 1.807) is 6.92 Å². The van der Waals surface area contributed by atoms with Crippen LogP contribution in [0.4, 0.5) is 11.4 Å². The molecule has 9 heteroatoms. The summed E-state index contributed by atoms with van der Waals surface area (Å²) in [6.45, 7) is 2.01. The molecule has 0 aliphatic carbocycles. The summed E-state index contributed by atoms with van der Waals surface area (Å²) >= 11 is 6.04. The molecule has 1 N–H and O–H groups in total. The van der Waals surface area contributed by atoms with Crippen molar-refractivity contribution in [2.75, 3.05) is 28.5 Å². The smallest absolute Gasteiger partial charge is 0.397 e. The minimum Gasteiger partial charge on any atom is -0.459 e. The first-order valence-electron chi connectivity index (χ1n) is 6.63. The third-order valence-corrected chi connectivity index (χ3v) is 5.21. The van der Waals surface area contributed by atoms with Crippen LogP contribution in [0.1, 0.15) is 13.3 Å². The Hall–Kier alpha value is -1.80. The first kappa shape index (κ1) is 16.6. The molecule has 0 atom stereocenters. The Balaban J connectivity index is 2.24. The molecule has 120 valence electrons. The Morgan fingerprint density at radius 2 is 2.14 bits per heavy atom. The number of ether oxygens (including phenoxy) is 1. The minimum absolute atomic E-state index is 0.0583. The molecule has 0 radical (unpaired) electrons. The number of carbonyl (C=O) groups is 2. The number of hydrogen-bond donors (Lipinski definition) is 1. The number of hydrogen-bond acceptors (Lipinski definition) is 5. The molecule has 2 rings (SSSR count). The van der Waals surface area contributed by atoms with E-state index >= 15 is 0 Å². The molecule has 1 aromatic carbocycles. The third-order valence-electron chi connectivity index (χ3n) is 3.03. The number of sulfonamides is 1. The van der Waals surface area contributed by atoms with Crippen LogP contribution in [0.2, 0.25) is 5.02 Å². The van der Waals surface area contributed by atoms with E-state index in [2.05, 4.69) is 10.1 Å². The van der Waals surface area contributed by atoms with Gasteiger partial charge in [0.25, 0.3) is 0 Å². The summed E-state index contributed by atoms with van der Waals surface area (Å²) in [5.41, 5.74) is 0.542. The Bertz CT molecular complexity index is 704. The molecule has 0 unspecified atom stereocenters. The lowest BCUT2D eigenvalue weighted by Crippen LogP contribution is -2.27. The summed E-state index contributed by atoms with van der Waals surface area (Å²) in [6, 6.07) is 4.36. The second-order valence-electron chi connectivity index (χ2n) is 4.58. The number of esters is 1. The SMILES string of the molecule is CCOC(=O)C(=O)Nc1ccc(Cl)c(N2CCCS2(=O)=O)c1. The van der Waals surface area contributed by atoms with Crippen molar-refractivity contribution in [2.45, 2.75) is 13.3 Å². The van der Waals surface area contributed by atoms with Gasteiger partial charge in [-0.15, -0.1) is 0 Å². The number of nitrogens with zero attached hydrogens (tertiary/aromatic N) is 1. The third kappa shape index (κ3) is 3.50.